The van der Waals surface area contributed by atoms with E-state index < -0.39 is 5.60 Å². The van der Waals surface area contributed by atoms with Crippen LogP contribution < -0.4 is 0 Å². The van der Waals surface area contributed by atoms with Gasteiger partial charge < -0.3 is 9.90 Å². The fourth-order valence-corrected chi connectivity index (χ4v) is 1.64. The van der Waals surface area contributed by atoms with Crippen LogP contribution in [0.25, 0.3) is 0 Å². The standard InChI is InChI=1S/C12H15BrO2/c1-9(14)7-8-12(2,15)10-3-5-11(13)6-4-10/h3-6,15H,7-8H2,1-2H3. The molecule has 0 aromatic heterocycles. The fourth-order valence-electron chi connectivity index (χ4n) is 1.37. The van der Waals surface area contributed by atoms with Crippen molar-refractivity contribution in [2.75, 3.05) is 0 Å². The van der Waals surface area contributed by atoms with E-state index in [1.54, 1.807) is 6.92 Å². The van der Waals surface area contributed by atoms with Crippen molar-refractivity contribution in [1.82, 2.24) is 0 Å². The first-order valence-electron chi connectivity index (χ1n) is 4.90. The summed E-state index contributed by atoms with van der Waals surface area (Å²) in [7, 11) is 0. The Hall–Kier alpha value is -0.670. The van der Waals surface area contributed by atoms with E-state index in [4.69, 9.17) is 0 Å². The van der Waals surface area contributed by atoms with Gasteiger partial charge in [-0.05, 0) is 38.0 Å². The van der Waals surface area contributed by atoms with Crippen LogP contribution in [0, 0.1) is 0 Å². The van der Waals surface area contributed by atoms with E-state index >= 15 is 0 Å². The van der Waals surface area contributed by atoms with Gasteiger partial charge in [-0.1, -0.05) is 28.1 Å². The molecule has 0 spiro atoms. The normalized spacial score (nSPS) is 14.7. The predicted octanol–water partition coefficient (Wildman–Crippen LogP) is 3.03. The van der Waals surface area contributed by atoms with E-state index in [2.05, 4.69) is 15.9 Å². The first-order chi connectivity index (χ1) is 6.92. The Bertz CT molecular complexity index is 341. The Morgan fingerprint density at radius 1 is 1.40 bits per heavy atom. The summed E-state index contributed by atoms with van der Waals surface area (Å²) in [6.07, 6.45) is 0.868. The molecule has 1 atom stereocenters. The molecular formula is C12H15BrO2. The number of carbonyl (C=O) groups excluding carboxylic acids is 1. The Kier molecular flexibility index (Phi) is 4.05. The number of ketones is 1. The van der Waals surface area contributed by atoms with Crippen LogP contribution >= 0.6 is 15.9 Å². The van der Waals surface area contributed by atoms with Crippen LogP contribution in [-0.4, -0.2) is 10.9 Å². The summed E-state index contributed by atoms with van der Waals surface area (Å²) in [5, 5.41) is 10.2. The van der Waals surface area contributed by atoms with Gasteiger partial charge in [0.2, 0.25) is 0 Å². The minimum atomic E-state index is -0.924. The van der Waals surface area contributed by atoms with Gasteiger partial charge in [-0.25, -0.2) is 0 Å². The highest BCUT2D eigenvalue weighted by molar-refractivity contribution is 9.10. The molecule has 1 rings (SSSR count). The van der Waals surface area contributed by atoms with E-state index in [0.717, 1.165) is 10.0 Å². The zero-order valence-electron chi connectivity index (χ0n) is 8.96. The van der Waals surface area contributed by atoms with Gasteiger partial charge in [0, 0.05) is 10.9 Å². The summed E-state index contributed by atoms with van der Waals surface area (Å²) in [6.45, 7) is 3.27. The van der Waals surface area contributed by atoms with Crippen LogP contribution in [-0.2, 0) is 10.4 Å². The summed E-state index contributed by atoms with van der Waals surface area (Å²) in [6, 6.07) is 7.50. The highest BCUT2D eigenvalue weighted by Crippen LogP contribution is 2.27. The molecule has 1 unspecified atom stereocenters. The zero-order valence-corrected chi connectivity index (χ0v) is 10.5. The van der Waals surface area contributed by atoms with E-state index in [-0.39, 0.29) is 5.78 Å². The number of Topliss-reactive ketones (excluding diaryl/α,β-unsaturated/α-hetero) is 1. The number of carbonyl (C=O) groups is 1. The number of aliphatic hydroxyl groups is 1. The van der Waals surface area contributed by atoms with Gasteiger partial charge in [0.05, 0.1) is 5.60 Å². The third-order valence-electron chi connectivity index (χ3n) is 2.43. The van der Waals surface area contributed by atoms with Gasteiger partial charge in [-0.2, -0.15) is 0 Å². The Morgan fingerprint density at radius 3 is 2.40 bits per heavy atom. The molecule has 82 valence electrons. The Morgan fingerprint density at radius 2 is 1.93 bits per heavy atom. The smallest absolute Gasteiger partial charge is 0.129 e. The van der Waals surface area contributed by atoms with E-state index in [9.17, 15) is 9.90 Å². The quantitative estimate of drug-likeness (QED) is 0.913. The number of hydrogen-bond donors (Lipinski definition) is 1. The van der Waals surface area contributed by atoms with E-state index in [0.29, 0.717) is 12.8 Å². The number of rotatable bonds is 4. The van der Waals surface area contributed by atoms with Crippen LogP contribution in [0.5, 0.6) is 0 Å². The second kappa shape index (κ2) is 4.90. The minimum absolute atomic E-state index is 0.104. The lowest BCUT2D eigenvalue weighted by Gasteiger charge is -2.23. The SMILES string of the molecule is CC(=O)CCC(C)(O)c1ccc(Br)cc1. The summed E-state index contributed by atoms with van der Waals surface area (Å²) in [5.74, 6) is 0.104. The Balaban J connectivity index is 2.76. The van der Waals surface area contributed by atoms with Gasteiger partial charge >= 0.3 is 0 Å². The van der Waals surface area contributed by atoms with Gasteiger partial charge in [0.15, 0.2) is 0 Å². The van der Waals surface area contributed by atoms with Crippen LogP contribution in [0.2, 0.25) is 0 Å². The molecule has 0 fully saturated rings. The number of hydrogen-bond acceptors (Lipinski definition) is 2. The lowest BCUT2D eigenvalue weighted by molar-refractivity contribution is -0.118. The molecule has 1 aromatic carbocycles. The van der Waals surface area contributed by atoms with Crippen molar-refractivity contribution in [3.8, 4) is 0 Å². The van der Waals surface area contributed by atoms with Gasteiger partial charge in [0.25, 0.3) is 0 Å². The van der Waals surface area contributed by atoms with Gasteiger partial charge in [0.1, 0.15) is 5.78 Å². The monoisotopic (exact) mass is 270 g/mol. The third-order valence-corrected chi connectivity index (χ3v) is 2.96. The fraction of sp³-hybridized carbons (Fsp3) is 0.417. The maximum absolute atomic E-state index is 10.9. The molecule has 0 amide bonds. The molecule has 0 aliphatic carbocycles. The number of benzene rings is 1. The highest BCUT2D eigenvalue weighted by atomic mass is 79.9. The van der Waals surface area contributed by atoms with Crippen molar-refractivity contribution in [1.29, 1.82) is 0 Å². The second-order valence-corrected chi connectivity index (χ2v) is 4.90. The van der Waals surface area contributed by atoms with Crippen molar-refractivity contribution in [3.05, 3.63) is 34.3 Å². The highest BCUT2D eigenvalue weighted by Gasteiger charge is 2.22. The number of halogens is 1. The summed E-state index contributed by atoms with van der Waals surface area (Å²) in [5.41, 5.74) is -0.0845. The van der Waals surface area contributed by atoms with E-state index in [1.807, 2.05) is 24.3 Å². The van der Waals surface area contributed by atoms with Crippen molar-refractivity contribution in [2.24, 2.45) is 0 Å². The average Bonchev–Trinajstić information content (AvgIpc) is 2.16. The molecule has 0 bridgehead atoms. The first kappa shape index (κ1) is 12.4. The largest absolute Gasteiger partial charge is 0.385 e. The molecule has 0 radical (unpaired) electrons. The zero-order chi connectivity index (χ0) is 11.5. The maximum Gasteiger partial charge on any atom is 0.129 e. The Labute approximate surface area is 98.4 Å². The molecule has 3 heteroatoms. The van der Waals surface area contributed by atoms with Gasteiger partial charge in [-0.15, -0.1) is 0 Å². The predicted molar refractivity (Wildman–Crippen MR) is 63.6 cm³/mol. The molecule has 0 aliphatic rings. The lowest BCUT2D eigenvalue weighted by atomic mass is 9.90. The van der Waals surface area contributed by atoms with Crippen molar-refractivity contribution >= 4 is 21.7 Å². The summed E-state index contributed by atoms with van der Waals surface area (Å²) < 4.78 is 0.980. The van der Waals surface area contributed by atoms with Crippen molar-refractivity contribution in [3.63, 3.8) is 0 Å². The lowest BCUT2D eigenvalue weighted by Crippen LogP contribution is -2.21. The molecule has 0 aliphatic heterocycles. The molecule has 0 saturated heterocycles. The third kappa shape index (κ3) is 3.76. The molecule has 0 heterocycles. The summed E-state index contributed by atoms with van der Waals surface area (Å²) in [4.78, 5) is 10.9. The average molecular weight is 271 g/mol. The first-order valence-corrected chi connectivity index (χ1v) is 5.69. The topological polar surface area (TPSA) is 37.3 Å². The van der Waals surface area contributed by atoms with Crippen LogP contribution in [0.3, 0.4) is 0 Å². The van der Waals surface area contributed by atoms with Crippen LogP contribution in [0.15, 0.2) is 28.7 Å². The second-order valence-electron chi connectivity index (χ2n) is 3.98. The minimum Gasteiger partial charge on any atom is -0.385 e. The maximum atomic E-state index is 10.9. The summed E-state index contributed by atoms with van der Waals surface area (Å²) >= 11 is 3.34. The van der Waals surface area contributed by atoms with Crippen molar-refractivity contribution in [2.45, 2.75) is 32.3 Å². The van der Waals surface area contributed by atoms with Crippen LogP contribution in [0.1, 0.15) is 32.3 Å². The molecular weight excluding hydrogens is 256 g/mol. The molecule has 15 heavy (non-hydrogen) atoms. The van der Waals surface area contributed by atoms with E-state index in [1.165, 1.54) is 6.92 Å². The van der Waals surface area contributed by atoms with Crippen molar-refractivity contribution < 1.29 is 9.90 Å². The molecule has 0 saturated carbocycles. The molecule has 2 nitrogen and oxygen atoms in total. The van der Waals surface area contributed by atoms with Gasteiger partial charge in [-0.3, -0.25) is 0 Å². The van der Waals surface area contributed by atoms with Crippen LogP contribution in [0.4, 0.5) is 0 Å². The molecule has 1 N–H and O–H groups in total. The molecule has 1 aromatic rings.